The standard InChI is InChI=1S/C9H18NO3P/c1-3-12-14(11,13-4-2)9-5-8(10,6-9)7-9/h3-7,10H2,1-2H3. The van der Waals surface area contributed by atoms with E-state index in [0.717, 1.165) is 19.3 Å². The molecule has 3 saturated carbocycles. The molecule has 0 atom stereocenters. The molecular weight excluding hydrogens is 201 g/mol. The Morgan fingerprint density at radius 2 is 1.64 bits per heavy atom. The maximum atomic E-state index is 12.4. The Balaban J connectivity index is 2.09. The van der Waals surface area contributed by atoms with Crippen molar-refractivity contribution in [2.75, 3.05) is 13.2 Å². The van der Waals surface area contributed by atoms with E-state index >= 15 is 0 Å². The Hall–Kier alpha value is 0.110. The molecule has 0 spiro atoms. The molecular formula is C9H18NO3P. The molecule has 4 nitrogen and oxygen atoms in total. The van der Waals surface area contributed by atoms with E-state index in [1.807, 2.05) is 13.8 Å². The third-order valence-electron chi connectivity index (χ3n) is 3.22. The smallest absolute Gasteiger partial charge is 0.325 e. The molecule has 2 N–H and O–H groups in total. The van der Waals surface area contributed by atoms with Crippen LogP contribution in [0.2, 0.25) is 0 Å². The van der Waals surface area contributed by atoms with Gasteiger partial charge in [0.2, 0.25) is 0 Å². The van der Waals surface area contributed by atoms with Crippen LogP contribution in [-0.4, -0.2) is 23.9 Å². The van der Waals surface area contributed by atoms with E-state index in [9.17, 15) is 4.57 Å². The van der Waals surface area contributed by atoms with Crippen LogP contribution in [0.5, 0.6) is 0 Å². The van der Waals surface area contributed by atoms with E-state index in [0.29, 0.717) is 13.2 Å². The van der Waals surface area contributed by atoms with Crippen LogP contribution in [0.1, 0.15) is 33.1 Å². The summed E-state index contributed by atoms with van der Waals surface area (Å²) in [6.45, 7) is 4.57. The molecule has 2 bridgehead atoms. The van der Waals surface area contributed by atoms with Gasteiger partial charge in [-0.2, -0.15) is 0 Å². The summed E-state index contributed by atoms with van der Waals surface area (Å²) in [6, 6.07) is 0. The zero-order chi connectivity index (χ0) is 10.4. The van der Waals surface area contributed by atoms with Crippen molar-refractivity contribution in [2.24, 2.45) is 5.73 Å². The molecule has 82 valence electrons. The van der Waals surface area contributed by atoms with E-state index in [1.54, 1.807) is 0 Å². The van der Waals surface area contributed by atoms with Crippen molar-refractivity contribution >= 4 is 7.60 Å². The summed E-state index contributed by atoms with van der Waals surface area (Å²) in [5.74, 6) is 0. The van der Waals surface area contributed by atoms with E-state index in [4.69, 9.17) is 14.8 Å². The minimum Gasteiger partial charge on any atom is -0.325 e. The zero-order valence-electron chi connectivity index (χ0n) is 8.78. The minimum atomic E-state index is -2.89. The molecule has 3 aliphatic rings. The third-order valence-corrected chi connectivity index (χ3v) is 6.05. The lowest BCUT2D eigenvalue weighted by molar-refractivity contribution is -0.0181. The average molecular weight is 219 g/mol. The Bertz CT molecular complexity index is 262. The highest BCUT2D eigenvalue weighted by molar-refractivity contribution is 7.56. The van der Waals surface area contributed by atoms with E-state index in [-0.39, 0.29) is 10.7 Å². The van der Waals surface area contributed by atoms with Crippen molar-refractivity contribution in [3.05, 3.63) is 0 Å². The molecule has 0 aromatic rings. The van der Waals surface area contributed by atoms with Crippen molar-refractivity contribution in [3.8, 4) is 0 Å². The van der Waals surface area contributed by atoms with Crippen LogP contribution in [0, 0.1) is 0 Å². The minimum absolute atomic E-state index is 0.0517. The average Bonchev–Trinajstić information content (AvgIpc) is 1.98. The van der Waals surface area contributed by atoms with Gasteiger partial charge in [-0.05, 0) is 33.1 Å². The zero-order valence-corrected chi connectivity index (χ0v) is 9.68. The Morgan fingerprint density at radius 3 is 1.93 bits per heavy atom. The number of hydrogen-bond acceptors (Lipinski definition) is 4. The van der Waals surface area contributed by atoms with Crippen molar-refractivity contribution in [3.63, 3.8) is 0 Å². The summed E-state index contributed by atoms with van der Waals surface area (Å²) in [5, 5.41) is -0.228. The summed E-state index contributed by atoms with van der Waals surface area (Å²) in [7, 11) is -2.89. The monoisotopic (exact) mass is 219 g/mol. The first kappa shape index (κ1) is 10.6. The van der Waals surface area contributed by atoms with Crippen LogP contribution in [0.25, 0.3) is 0 Å². The first-order valence-electron chi connectivity index (χ1n) is 5.17. The molecule has 3 fully saturated rings. The van der Waals surface area contributed by atoms with Gasteiger partial charge in [0.1, 0.15) is 0 Å². The molecule has 3 rings (SSSR count). The lowest BCUT2D eigenvalue weighted by Crippen LogP contribution is -2.76. The van der Waals surface area contributed by atoms with Crippen LogP contribution in [0.4, 0.5) is 0 Å². The molecule has 0 amide bonds. The second-order valence-electron chi connectivity index (χ2n) is 4.45. The van der Waals surface area contributed by atoms with E-state index in [2.05, 4.69) is 0 Å². The maximum absolute atomic E-state index is 12.4. The molecule has 0 unspecified atom stereocenters. The normalized spacial score (nSPS) is 40.2. The van der Waals surface area contributed by atoms with E-state index < -0.39 is 7.60 Å². The highest BCUT2D eigenvalue weighted by atomic mass is 31.2. The summed E-state index contributed by atoms with van der Waals surface area (Å²) < 4.78 is 23.1. The van der Waals surface area contributed by atoms with Gasteiger partial charge in [-0.3, -0.25) is 4.57 Å². The lowest BCUT2D eigenvalue weighted by atomic mass is 9.49. The molecule has 14 heavy (non-hydrogen) atoms. The molecule has 0 heterocycles. The quantitative estimate of drug-likeness (QED) is 0.717. The van der Waals surface area contributed by atoms with Gasteiger partial charge in [0.25, 0.3) is 0 Å². The highest BCUT2D eigenvalue weighted by Crippen LogP contribution is 2.80. The number of hydrogen-bond donors (Lipinski definition) is 1. The largest absolute Gasteiger partial charge is 0.336 e. The third kappa shape index (κ3) is 1.21. The number of nitrogens with two attached hydrogens (primary N) is 1. The van der Waals surface area contributed by atoms with Gasteiger partial charge in [0, 0.05) is 5.54 Å². The van der Waals surface area contributed by atoms with Gasteiger partial charge >= 0.3 is 7.60 Å². The van der Waals surface area contributed by atoms with Crippen molar-refractivity contribution < 1.29 is 13.6 Å². The fourth-order valence-corrected chi connectivity index (χ4v) is 5.58. The van der Waals surface area contributed by atoms with Gasteiger partial charge in [0.05, 0.1) is 18.4 Å². The van der Waals surface area contributed by atoms with Crippen LogP contribution >= 0.6 is 7.60 Å². The Morgan fingerprint density at radius 1 is 1.21 bits per heavy atom. The van der Waals surface area contributed by atoms with Crippen LogP contribution < -0.4 is 5.73 Å². The van der Waals surface area contributed by atoms with Gasteiger partial charge < -0.3 is 14.8 Å². The summed E-state index contributed by atoms with van der Waals surface area (Å²) in [6.07, 6.45) is 2.41. The highest BCUT2D eigenvalue weighted by Gasteiger charge is 2.75. The lowest BCUT2D eigenvalue weighted by Gasteiger charge is -2.69. The number of rotatable bonds is 5. The summed E-state index contributed by atoms with van der Waals surface area (Å²) >= 11 is 0. The predicted molar refractivity (Wildman–Crippen MR) is 54.4 cm³/mol. The van der Waals surface area contributed by atoms with Crippen molar-refractivity contribution in [2.45, 2.75) is 43.8 Å². The maximum Gasteiger partial charge on any atom is 0.336 e. The molecule has 0 radical (unpaired) electrons. The predicted octanol–water partition coefficient (Wildman–Crippen LogP) is 1.89. The summed E-state index contributed by atoms with van der Waals surface area (Å²) in [5.41, 5.74) is 5.88. The van der Waals surface area contributed by atoms with Crippen molar-refractivity contribution in [1.29, 1.82) is 0 Å². The SMILES string of the molecule is CCOP(=O)(OCC)C12CC(N)(C1)C2. The van der Waals surface area contributed by atoms with Gasteiger partial charge in [-0.1, -0.05) is 0 Å². The Labute approximate surface area is 84.7 Å². The summed E-state index contributed by atoms with van der Waals surface area (Å²) in [4.78, 5) is 0. The molecule has 0 aromatic heterocycles. The fraction of sp³-hybridized carbons (Fsp3) is 1.00. The second kappa shape index (κ2) is 3.05. The topological polar surface area (TPSA) is 61.5 Å². The fourth-order valence-electron chi connectivity index (χ4n) is 2.75. The van der Waals surface area contributed by atoms with Crippen LogP contribution in [0.15, 0.2) is 0 Å². The second-order valence-corrected chi connectivity index (χ2v) is 6.91. The molecule has 0 aromatic carbocycles. The molecule has 0 saturated heterocycles. The van der Waals surface area contributed by atoms with Gasteiger partial charge in [0.15, 0.2) is 0 Å². The first-order chi connectivity index (χ1) is 6.49. The molecule has 0 aliphatic heterocycles. The molecule has 3 aliphatic carbocycles. The molecule has 5 heteroatoms. The first-order valence-corrected chi connectivity index (χ1v) is 6.72. The van der Waals surface area contributed by atoms with Crippen molar-refractivity contribution in [1.82, 2.24) is 0 Å². The van der Waals surface area contributed by atoms with Crippen LogP contribution in [0.3, 0.4) is 0 Å². The van der Waals surface area contributed by atoms with E-state index in [1.165, 1.54) is 0 Å². The van der Waals surface area contributed by atoms with Gasteiger partial charge in [-0.25, -0.2) is 0 Å². The van der Waals surface area contributed by atoms with Gasteiger partial charge in [-0.15, -0.1) is 0 Å². The Kier molecular flexibility index (Phi) is 2.31. The van der Waals surface area contributed by atoms with Crippen LogP contribution in [-0.2, 0) is 13.6 Å².